The Morgan fingerprint density at radius 1 is 1.40 bits per heavy atom. The molecule has 0 unspecified atom stereocenters. The van der Waals surface area contributed by atoms with Crippen LogP contribution in [0.1, 0.15) is 37.1 Å². The molecule has 1 N–H and O–H groups in total. The van der Waals surface area contributed by atoms with Gasteiger partial charge in [-0.1, -0.05) is 13.8 Å². The first kappa shape index (κ1) is 14.5. The van der Waals surface area contributed by atoms with Crippen molar-refractivity contribution >= 4 is 17.0 Å². The molecule has 0 aliphatic carbocycles. The molecule has 108 valence electrons. The summed E-state index contributed by atoms with van der Waals surface area (Å²) in [4.78, 5) is 15.4. The van der Waals surface area contributed by atoms with Gasteiger partial charge in [0.1, 0.15) is 0 Å². The van der Waals surface area contributed by atoms with Crippen LogP contribution in [0.4, 0.5) is 0 Å². The number of nitrogens with zero attached hydrogens (tertiary/aromatic N) is 3. The lowest BCUT2D eigenvalue weighted by Gasteiger charge is -2.11. The first-order valence-electron chi connectivity index (χ1n) is 6.93. The van der Waals surface area contributed by atoms with Gasteiger partial charge in [-0.2, -0.15) is 5.10 Å². The first-order valence-corrected chi connectivity index (χ1v) is 6.93. The number of hydrogen-bond acceptors (Lipinski definition) is 3. The van der Waals surface area contributed by atoms with Crippen LogP contribution >= 0.6 is 0 Å². The zero-order chi connectivity index (χ0) is 14.9. The van der Waals surface area contributed by atoms with E-state index in [1.807, 2.05) is 24.7 Å². The van der Waals surface area contributed by atoms with E-state index in [0.717, 1.165) is 34.4 Å². The average Bonchev–Trinajstić information content (AvgIpc) is 2.71. The van der Waals surface area contributed by atoms with Crippen molar-refractivity contribution in [1.29, 1.82) is 0 Å². The Kier molecular flexibility index (Phi) is 4.06. The number of pyridine rings is 1. The molecular weight excluding hydrogens is 254 g/mol. The largest absolute Gasteiger partial charge is 0.481 e. The van der Waals surface area contributed by atoms with E-state index in [2.05, 4.69) is 23.9 Å². The topological polar surface area (TPSA) is 68.0 Å². The van der Waals surface area contributed by atoms with Gasteiger partial charge in [-0.15, -0.1) is 0 Å². The highest BCUT2D eigenvalue weighted by atomic mass is 16.4. The lowest BCUT2D eigenvalue weighted by Crippen LogP contribution is -2.08. The van der Waals surface area contributed by atoms with Crippen LogP contribution in [0.2, 0.25) is 0 Å². The number of aromatic nitrogens is 3. The number of rotatable bonds is 5. The molecule has 5 heteroatoms. The molecule has 5 nitrogen and oxygen atoms in total. The molecule has 0 bridgehead atoms. The second kappa shape index (κ2) is 5.61. The van der Waals surface area contributed by atoms with Crippen molar-refractivity contribution in [3.63, 3.8) is 0 Å². The van der Waals surface area contributed by atoms with Gasteiger partial charge >= 0.3 is 5.97 Å². The van der Waals surface area contributed by atoms with Crippen molar-refractivity contribution in [2.45, 2.75) is 47.1 Å². The van der Waals surface area contributed by atoms with Gasteiger partial charge in [-0.05, 0) is 37.3 Å². The predicted octanol–water partition coefficient (Wildman–Crippen LogP) is 2.72. The molecule has 0 radical (unpaired) electrons. The van der Waals surface area contributed by atoms with E-state index in [0.29, 0.717) is 12.3 Å². The van der Waals surface area contributed by atoms with Crippen molar-refractivity contribution < 1.29 is 9.90 Å². The van der Waals surface area contributed by atoms with E-state index in [1.165, 1.54) is 0 Å². The van der Waals surface area contributed by atoms with E-state index >= 15 is 0 Å². The Hall–Kier alpha value is -1.91. The highest BCUT2D eigenvalue weighted by Crippen LogP contribution is 2.24. The van der Waals surface area contributed by atoms with Crippen LogP contribution in [-0.2, 0) is 17.8 Å². The summed E-state index contributed by atoms with van der Waals surface area (Å²) >= 11 is 0. The number of hydrogen-bond donors (Lipinski definition) is 1. The highest BCUT2D eigenvalue weighted by Gasteiger charge is 2.14. The minimum Gasteiger partial charge on any atom is -0.481 e. The van der Waals surface area contributed by atoms with Crippen molar-refractivity contribution in [3.05, 3.63) is 23.0 Å². The van der Waals surface area contributed by atoms with Gasteiger partial charge in [0.2, 0.25) is 0 Å². The number of fused-ring (bicyclic) bond motifs is 1. The summed E-state index contributed by atoms with van der Waals surface area (Å²) < 4.78 is 1.93. The molecule has 20 heavy (non-hydrogen) atoms. The van der Waals surface area contributed by atoms with E-state index in [9.17, 15) is 4.79 Å². The average molecular weight is 275 g/mol. The minimum absolute atomic E-state index is 0.134. The molecule has 0 spiro atoms. The number of carboxylic acid groups (broad SMARTS) is 1. The normalized spacial score (nSPS) is 11.4. The van der Waals surface area contributed by atoms with Gasteiger partial charge in [-0.3, -0.25) is 4.79 Å². The third-order valence-electron chi connectivity index (χ3n) is 3.51. The second-order valence-electron chi connectivity index (χ2n) is 5.65. The van der Waals surface area contributed by atoms with Crippen LogP contribution in [-0.4, -0.2) is 25.8 Å². The number of aryl methyl sites for hydroxylation is 2. The third-order valence-corrected chi connectivity index (χ3v) is 3.51. The summed E-state index contributed by atoms with van der Waals surface area (Å²) in [5.41, 5.74) is 3.93. The van der Waals surface area contributed by atoms with Gasteiger partial charge in [0, 0.05) is 24.0 Å². The first-order chi connectivity index (χ1) is 9.40. The summed E-state index contributed by atoms with van der Waals surface area (Å²) in [5.74, 6) is -0.272. The molecule has 0 atom stereocenters. The maximum absolute atomic E-state index is 10.7. The molecule has 2 aromatic heterocycles. The smallest absolute Gasteiger partial charge is 0.303 e. The number of aliphatic carboxylic acids is 1. The fraction of sp³-hybridized carbons (Fsp3) is 0.533. The quantitative estimate of drug-likeness (QED) is 0.911. The van der Waals surface area contributed by atoms with Gasteiger partial charge in [0.05, 0.1) is 6.20 Å². The monoisotopic (exact) mass is 275 g/mol. The Balaban J connectivity index is 2.46. The molecule has 0 aromatic carbocycles. The fourth-order valence-corrected chi connectivity index (χ4v) is 2.50. The highest BCUT2D eigenvalue weighted by molar-refractivity contribution is 5.80. The lowest BCUT2D eigenvalue weighted by molar-refractivity contribution is -0.136. The Labute approximate surface area is 118 Å². The fourth-order valence-electron chi connectivity index (χ4n) is 2.50. The summed E-state index contributed by atoms with van der Waals surface area (Å²) in [6, 6.07) is 0. The van der Waals surface area contributed by atoms with E-state index in [-0.39, 0.29) is 6.42 Å². The van der Waals surface area contributed by atoms with Gasteiger partial charge in [0.25, 0.3) is 0 Å². The van der Waals surface area contributed by atoms with E-state index < -0.39 is 5.97 Å². The van der Waals surface area contributed by atoms with Crippen LogP contribution < -0.4 is 0 Å². The van der Waals surface area contributed by atoms with Gasteiger partial charge in [-0.25, -0.2) is 9.67 Å². The number of carboxylic acids is 1. The van der Waals surface area contributed by atoms with Gasteiger partial charge in [0.15, 0.2) is 5.65 Å². The van der Waals surface area contributed by atoms with Crippen molar-refractivity contribution in [3.8, 4) is 0 Å². The molecule has 2 rings (SSSR count). The summed E-state index contributed by atoms with van der Waals surface area (Å²) in [6.07, 6.45) is 2.49. The molecule has 2 aromatic rings. The van der Waals surface area contributed by atoms with E-state index in [1.54, 1.807) is 0 Å². The zero-order valence-corrected chi connectivity index (χ0v) is 12.5. The van der Waals surface area contributed by atoms with Crippen molar-refractivity contribution in [2.75, 3.05) is 0 Å². The predicted molar refractivity (Wildman–Crippen MR) is 77.8 cm³/mol. The van der Waals surface area contributed by atoms with E-state index in [4.69, 9.17) is 5.11 Å². The molecule has 0 saturated heterocycles. The maximum Gasteiger partial charge on any atom is 0.303 e. The van der Waals surface area contributed by atoms with Crippen LogP contribution in [0.3, 0.4) is 0 Å². The summed E-state index contributed by atoms with van der Waals surface area (Å²) in [7, 11) is 0. The molecule has 0 aliphatic rings. The molecule has 0 fully saturated rings. The van der Waals surface area contributed by atoms with Crippen LogP contribution in [0.5, 0.6) is 0 Å². The minimum atomic E-state index is -0.778. The summed E-state index contributed by atoms with van der Waals surface area (Å²) in [6.45, 7) is 9.10. The Bertz CT molecular complexity index is 644. The SMILES string of the molecule is Cc1nc2c(cnn2CC(C)C)c(C)c1CCC(=O)O. The van der Waals surface area contributed by atoms with Crippen LogP contribution in [0.15, 0.2) is 6.20 Å². The summed E-state index contributed by atoms with van der Waals surface area (Å²) in [5, 5.41) is 14.3. The molecule has 0 aliphatic heterocycles. The molecule has 0 amide bonds. The van der Waals surface area contributed by atoms with Crippen LogP contribution in [0, 0.1) is 19.8 Å². The maximum atomic E-state index is 10.7. The standard InChI is InChI=1S/C15H21N3O2/c1-9(2)8-18-15-13(7-16-18)10(3)12(11(4)17-15)5-6-14(19)20/h7,9H,5-6,8H2,1-4H3,(H,19,20). The molecule has 2 heterocycles. The second-order valence-corrected chi connectivity index (χ2v) is 5.65. The Morgan fingerprint density at radius 3 is 2.70 bits per heavy atom. The third kappa shape index (κ3) is 2.81. The lowest BCUT2D eigenvalue weighted by atomic mass is 10.0. The molecule has 0 saturated carbocycles. The van der Waals surface area contributed by atoms with Crippen molar-refractivity contribution in [2.24, 2.45) is 5.92 Å². The van der Waals surface area contributed by atoms with Crippen molar-refractivity contribution in [1.82, 2.24) is 14.8 Å². The zero-order valence-electron chi connectivity index (χ0n) is 12.5. The number of carbonyl (C=O) groups is 1. The van der Waals surface area contributed by atoms with Gasteiger partial charge < -0.3 is 5.11 Å². The Morgan fingerprint density at radius 2 is 2.10 bits per heavy atom. The van der Waals surface area contributed by atoms with Crippen LogP contribution in [0.25, 0.3) is 11.0 Å². The molecular formula is C15H21N3O2.